The van der Waals surface area contributed by atoms with Crippen molar-refractivity contribution in [2.75, 3.05) is 5.32 Å². The number of aryl methyl sites for hydroxylation is 1. The lowest BCUT2D eigenvalue weighted by molar-refractivity contribution is -0.116. The fourth-order valence-electron chi connectivity index (χ4n) is 3.85. The van der Waals surface area contributed by atoms with Crippen molar-refractivity contribution in [2.45, 2.75) is 52.0 Å². The number of imidazole rings is 1. The fraction of sp³-hybridized carbons (Fsp3) is 0.381. The van der Waals surface area contributed by atoms with Crippen LogP contribution in [0.1, 0.15) is 62.5 Å². The Morgan fingerprint density at radius 2 is 2.04 bits per heavy atom. The van der Waals surface area contributed by atoms with Crippen LogP contribution in [-0.2, 0) is 11.3 Å². The molecule has 2 aromatic heterocycles. The molecule has 6 nitrogen and oxygen atoms in total. The van der Waals surface area contributed by atoms with Gasteiger partial charge in [-0.25, -0.2) is 9.67 Å². The van der Waals surface area contributed by atoms with E-state index in [1.165, 1.54) is 0 Å². The molecule has 1 aliphatic rings. The molecule has 3 aromatic rings. The van der Waals surface area contributed by atoms with Gasteiger partial charge >= 0.3 is 0 Å². The van der Waals surface area contributed by atoms with E-state index >= 15 is 0 Å². The monoisotopic (exact) mass is 363 g/mol. The average Bonchev–Trinajstić information content (AvgIpc) is 3.27. The Kier molecular flexibility index (Phi) is 4.56. The number of carbonyl (C=O) groups excluding carboxylic acids is 1. The number of nitrogens with zero attached hydrogens (tertiary/aromatic N) is 4. The molecule has 1 N–H and O–H groups in total. The third kappa shape index (κ3) is 3.05. The summed E-state index contributed by atoms with van der Waals surface area (Å²) in [6.45, 7) is 7.33. The average molecular weight is 363 g/mol. The second-order valence-corrected chi connectivity index (χ2v) is 7.33. The number of rotatable bonds is 5. The Bertz CT molecular complexity index is 954. The van der Waals surface area contributed by atoms with Crippen LogP contribution in [0.5, 0.6) is 0 Å². The number of para-hydroxylation sites is 1. The van der Waals surface area contributed by atoms with Gasteiger partial charge in [-0.05, 0) is 24.5 Å². The van der Waals surface area contributed by atoms with E-state index in [1.807, 2.05) is 47.4 Å². The van der Waals surface area contributed by atoms with Gasteiger partial charge in [-0.3, -0.25) is 4.79 Å². The number of amides is 1. The largest absolute Gasteiger partial charge is 0.334 e. The topological polar surface area (TPSA) is 64.7 Å². The lowest BCUT2D eigenvalue weighted by atomic mass is 9.88. The summed E-state index contributed by atoms with van der Waals surface area (Å²) in [7, 11) is 0. The maximum Gasteiger partial charge on any atom is 0.226 e. The van der Waals surface area contributed by atoms with Crippen molar-refractivity contribution in [3.05, 3.63) is 59.8 Å². The number of nitrogens with one attached hydrogen (secondary N) is 1. The molecule has 1 aromatic carbocycles. The molecule has 27 heavy (non-hydrogen) atoms. The predicted octanol–water partition coefficient (Wildman–Crippen LogP) is 4.08. The van der Waals surface area contributed by atoms with E-state index in [0.717, 1.165) is 41.6 Å². The highest BCUT2D eigenvalue weighted by molar-refractivity contribution is 5.95. The third-order valence-electron chi connectivity index (χ3n) is 5.02. The molecular weight excluding hydrogens is 338 g/mol. The number of anilines is 1. The van der Waals surface area contributed by atoms with Crippen LogP contribution in [0.25, 0.3) is 5.69 Å². The van der Waals surface area contributed by atoms with Gasteiger partial charge in [-0.2, -0.15) is 5.10 Å². The van der Waals surface area contributed by atoms with Crippen LogP contribution in [0.2, 0.25) is 0 Å². The molecule has 0 spiro atoms. The van der Waals surface area contributed by atoms with Crippen molar-refractivity contribution in [3.8, 4) is 5.69 Å². The van der Waals surface area contributed by atoms with E-state index in [-0.39, 0.29) is 17.7 Å². The molecule has 1 amide bonds. The van der Waals surface area contributed by atoms with Gasteiger partial charge in [0.25, 0.3) is 0 Å². The van der Waals surface area contributed by atoms with Crippen LogP contribution in [0.3, 0.4) is 0 Å². The summed E-state index contributed by atoms with van der Waals surface area (Å²) < 4.78 is 4.03. The van der Waals surface area contributed by atoms with Gasteiger partial charge in [0.1, 0.15) is 11.6 Å². The molecule has 6 heteroatoms. The Morgan fingerprint density at radius 3 is 2.74 bits per heavy atom. The van der Waals surface area contributed by atoms with E-state index < -0.39 is 0 Å². The first-order valence-corrected chi connectivity index (χ1v) is 9.59. The van der Waals surface area contributed by atoms with E-state index in [0.29, 0.717) is 6.42 Å². The molecule has 0 unspecified atom stereocenters. The molecule has 1 atom stereocenters. The summed E-state index contributed by atoms with van der Waals surface area (Å²) in [6, 6.07) is 9.95. The highest BCUT2D eigenvalue weighted by atomic mass is 16.1. The third-order valence-corrected chi connectivity index (χ3v) is 5.02. The second-order valence-electron chi connectivity index (χ2n) is 7.33. The van der Waals surface area contributed by atoms with E-state index in [4.69, 9.17) is 5.10 Å². The molecular formula is C21H25N5O. The normalized spacial score (nSPS) is 16.4. The van der Waals surface area contributed by atoms with Crippen molar-refractivity contribution in [1.82, 2.24) is 19.3 Å². The maximum atomic E-state index is 12.6. The number of hydrogen-bond acceptors (Lipinski definition) is 3. The highest BCUT2D eigenvalue weighted by Crippen LogP contribution is 2.42. The van der Waals surface area contributed by atoms with E-state index in [9.17, 15) is 4.79 Å². The molecule has 0 bridgehead atoms. The molecule has 3 heterocycles. The Labute approximate surface area is 159 Å². The first-order chi connectivity index (χ1) is 13.1. The number of carbonyl (C=O) groups is 1. The predicted molar refractivity (Wildman–Crippen MR) is 105 cm³/mol. The molecule has 0 aliphatic carbocycles. The molecule has 0 saturated heterocycles. The zero-order valence-corrected chi connectivity index (χ0v) is 16.0. The summed E-state index contributed by atoms with van der Waals surface area (Å²) in [5.74, 6) is 1.89. The minimum absolute atomic E-state index is 0.00550. The van der Waals surface area contributed by atoms with Crippen molar-refractivity contribution < 1.29 is 4.79 Å². The summed E-state index contributed by atoms with van der Waals surface area (Å²) in [6.07, 6.45) is 5.25. The van der Waals surface area contributed by atoms with Crippen molar-refractivity contribution in [3.63, 3.8) is 0 Å². The number of hydrogen-bond donors (Lipinski definition) is 1. The van der Waals surface area contributed by atoms with Gasteiger partial charge < -0.3 is 9.88 Å². The standard InChI is InChI=1S/C21H25N5O/c1-4-11-25-12-10-22-20(25)16-13-17(27)23-21-18(16)19(14(2)3)24-26(21)15-8-6-5-7-9-15/h5-10,12,14,16H,4,11,13H2,1-3H3,(H,23,27)/t16-/m0/s1. The minimum Gasteiger partial charge on any atom is -0.334 e. The van der Waals surface area contributed by atoms with Gasteiger partial charge in [-0.1, -0.05) is 39.0 Å². The van der Waals surface area contributed by atoms with Crippen LogP contribution < -0.4 is 5.32 Å². The van der Waals surface area contributed by atoms with Gasteiger partial charge in [0, 0.05) is 30.9 Å². The second kappa shape index (κ2) is 7.02. The Morgan fingerprint density at radius 1 is 1.26 bits per heavy atom. The lowest BCUT2D eigenvalue weighted by Gasteiger charge is -2.25. The van der Waals surface area contributed by atoms with Crippen molar-refractivity contribution in [1.29, 1.82) is 0 Å². The number of aromatic nitrogens is 4. The first kappa shape index (κ1) is 17.5. The SMILES string of the molecule is CCCn1ccnc1[C@H]1CC(=O)Nc2c1c(C(C)C)nn2-c1ccccc1. The van der Waals surface area contributed by atoms with Crippen LogP contribution >= 0.6 is 0 Å². The van der Waals surface area contributed by atoms with Gasteiger partial charge in [0.15, 0.2) is 0 Å². The molecule has 0 saturated carbocycles. The van der Waals surface area contributed by atoms with Gasteiger partial charge in [0.2, 0.25) is 5.91 Å². The zero-order valence-electron chi connectivity index (χ0n) is 16.0. The molecule has 1 aliphatic heterocycles. The molecule has 4 rings (SSSR count). The molecule has 140 valence electrons. The summed E-state index contributed by atoms with van der Waals surface area (Å²) in [4.78, 5) is 17.2. The minimum atomic E-state index is -0.0786. The van der Waals surface area contributed by atoms with Crippen LogP contribution in [0.15, 0.2) is 42.7 Å². The lowest BCUT2D eigenvalue weighted by Crippen LogP contribution is -2.26. The summed E-state index contributed by atoms with van der Waals surface area (Å²) in [5.41, 5.74) is 3.06. The van der Waals surface area contributed by atoms with E-state index in [1.54, 1.807) is 0 Å². The van der Waals surface area contributed by atoms with Crippen LogP contribution in [0, 0.1) is 0 Å². The van der Waals surface area contributed by atoms with Crippen LogP contribution in [-0.4, -0.2) is 25.2 Å². The first-order valence-electron chi connectivity index (χ1n) is 9.59. The van der Waals surface area contributed by atoms with E-state index in [2.05, 4.69) is 35.6 Å². The zero-order chi connectivity index (χ0) is 19.0. The smallest absolute Gasteiger partial charge is 0.226 e. The van der Waals surface area contributed by atoms with Gasteiger partial charge in [-0.15, -0.1) is 0 Å². The van der Waals surface area contributed by atoms with Gasteiger partial charge in [0.05, 0.1) is 17.3 Å². The summed E-state index contributed by atoms with van der Waals surface area (Å²) in [5, 5.41) is 7.97. The Hall–Kier alpha value is -2.89. The quantitative estimate of drug-likeness (QED) is 0.743. The summed E-state index contributed by atoms with van der Waals surface area (Å²) >= 11 is 0. The van der Waals surface area contributed by atoms with Crippen molar-refractivity contribution in [2.24, 2.45) is 0 Å². The highest BCUT2D eigenvalue weighted by Gasteiger charge is 2.36. The number of fused-ring (bicyclic) bond motifs is 1. The molecule has 0 radical (unpaired) electrons. The van der Waals surface area contributed by atoms with Crippen LogP contribution in [0.4, 0.5) is 5.82 Å². The maximum absolute atomic E-state index is 12.6. The van der Waals surface area contributed by atoms with Crippen molar-refractivity contribution >= 4 is 11.7 Å². The molecule has 0 fully saturated rings. The fourth-order valence-corrected chi connectivity index (χ4v) is 3.85. The number of benzene rings is 1. The Balaban J connectivity index is 1.91.